The average molecular weight is 364 g/mol. The molecule has 7 nitrogen and oxygen atoms in total. The molecule has 1 saturated heterocycles. The Morgan fingerprint density at radius 3 is 2.04 bits per heavy atom. The Labute approximate surface area is 144 Å². The highest BCUT2D eigenvalue weighted by molar-refractivity contribution is 8.78. The van der Waals surface area contributed by atoms with Gasteiger partial charge in [-0.3, -0.25) is 14.4 Å². The molecule has 0 aromatic heterocycles. The second-order valence-corrected chi connectivity index (χ2v) is 10.2. The van der Waals surface area contributed by atoms with Crippen molar-refractivity contribution in [2.45, 2.75) is 68.7 Å². The predicted octanol–water partition coefficient (Wildman–Crippen LogP) is 0.730. The monoisotopic (exact) mass is 363 g/mol. The standard InChI is InChI=1S/C14H25N3O4S2/c1-7(16-11(21)8(15)6-9(18)19)10(20)17-12-13(2,3)22-23-14(12,4)5/h7-8,12H,6,15H2,1-5H3,(H,16,21)(H,17,20)(H,18,19)/t7-,8+/m1/s1. The summed E-state index contributed by atoms with van der Waals surface area (Å²) in [5.41, 5.74) is 5.49. The van der Waals surface area contributed by atoms with Crippen LogP contribution in [-0.2, 0) is 14.4 Å². The van der Waals surface area contributed by atoms with E-state index in [0.29, 0.717) is 0 Å². The second-order valence-electron chi connectivity index (χ2n) is 6.75. The highest BCUT2D eigenvalue weighted by atomic mass is 33.1. The van der Waals surface area contributed by atoms with Crippen molar-refractivity contribution in [1.29, 1.82) is 0 Å². The molecule has 0 aliphatic carbocycles. The minimum absolute atomic E-state index is 0.0652. The van der Waals surface area contributed by atoms with Crippen molar-refractivity contribution in [2.24, 2.45) is 5.73 Å². The zero-order valence-corrected chi connectivity index (χ0v) is 15.6. The first-order valence-electron chi connectivity index (χ1n) is 7.32. The summed E-state index contributed by atoms with van der Waals surface area (Å²) in [4.78, 5) is 34.7. The van der Waals surface area contributed by atoms with Gasteiger partial charge >= 0.3 is 5.97 Å². The van der Waals surface area contributed by atoms with E-state index in [-0.39, 0.29) is 21.4 Å². The van der Waals surface area contributed by atoms with Gasteiger partial charge in [-0.15, -0.1) is 0 Å². The molecule has 0 radical (unpaired) electrons. The van der Waals surface area contributed by atoms with E-state index in [9.17, 15) is 14.4 Å². The Morgan fingerprint density at radius 1 is 1.13 bits per heavy atom. The lowest BCUT2D eigenvalue weighted by molar-refractivity contribution is -0.139. The molecule has 23 heavy (non-hydrogen) atoms. The van der Waals surface area contributed by atoms with Gasteiger partial charge in [0.05, 0.1) is 18.5 Å². The summed E-state index contributed by atoms with van der Waals surface area (Å²) in [5, 5.41) is 14.1. The number of rotatable bonds is 6. The van der Waals surface area contributed by atoms with Crippen LogP contribution in [0.3, 0.4) is 0 Å². The third-order valence-corrected chi connectivity index (χ3v) is 7.87. The molecule has 5 N–H and O–H groups in total. The number of hydrogen-bond acceptors (Lipinski definition) is 6. The van der Waals surface area contributed by atoms with Crippen LogP contribution in [0.1, 0.15) is 41.0 Å². The average Bonchev–Trinajstić information content (AvgIpc) is 2.60. The molecule has 132 valence electrons. The maximum Gasteiger partial charge on any atom is 0.305 e. The third kappa shape index (κ3) is 5.29. The van der Waals surface area contributed by atoms with Crippen molar-refractivity contribution in [2.75, 3.05) is 0 Å². The summed E-state index contributed by atoms with van der Waals surface area (Å²) in [6, 6.07) is -2.03. The Balaban J connectivity index is 2.64. The van der Waals surface area contributed by atoms with Gasteiger partial charge in [-0.1, -0.05) is 21.6 Å². The molecule has 0 aromatic rings. The normalized spacial score (nSPS) is 22.2. The molecule has 0 unspecified atom stereocenters. The lowest BCUT2D eigenvalue weighted by atomic mass is 9.91. The molecule has 0 spiro atoms. The predicted molar refractivity (Wildman–Crippen MR) is 93.1 cm³/mol. The number of aliphatic carboxylic acids is 1. The van der Waals surface area contributed by atoms with E-state index in [1.165, 1.54) is 0 Å². The van der Waals surface area contributed by atoms with Gasteiger partial charge in [0.2, 0.25) is 11.8 Å². The fourth-order valence-electron chi connectivity index (χ4n) is 2.43. The van der Waals surface area contributed by atoms with Gasteiger partial charge in [0.1, 0.15) is 6.04 Å². The molecule has 1 fully saturated rings. The number of carboxylic acid groups (broad SMARTS) is 1. The molecular formula is C14H25N3O4S2. The van der Waals surface area contributed by atoms with E-state index in [4.69, 9.17) is 10.8 Å². The van der Waals surface area contributed by atoms with Crippen LogP contribution in [0.25, 0.3) is 0 Å². The number of nitrogens with one attached hydrogen (secondary N) is 2. The van der Waals surface area contributed by atoms with Gasteiger partial charge in [0.15, 0.2) is 0 Å². The molecular weight excluding hydrogens is 338 g/mol. The maximum atomic E-state index is 12.4. The number of hydrogen-bond donors (Lipinski definition) is 4. The number of carbonyl (C=O) groups is 3. The summed E-state index contributed by atoms with van der Waals surface area (Å²) >= 11 is 0. The van der Waals surface area contributed by atoms with Gasteiger partial charge < -0.3 is 21.5 Å². The van der Waals surface area contributed by atoms with Gasteiger partial charge in [0.25, 0.3) is 0 Å². The van der Waals surface area contributed by atoms with E-state index in [1.54, 1.807) is 28.5 Å². The Kier molecular flexibility index (Phi) is 6.39. The third-order valence-electron chi connectivity index (χ3n) is 3.63. The van der Waals surface area contributed by atoms with Crippen molar-refractivity contribution >= 4 is 39.4 Å². The molecule has 2 amide bonds. The first-order valence-corrected chi connectivity index (χ1v) is 9.47. The highest BCUT2D eigenvalue weighted by Gasteiger charge is 2.50. The summed E-state index contributed by atoms with van der Waals surface area (Å²) in [7, 11) is 3.45. The van der Waals surface area contributed by atoms with Gasteiger partial charge in [0, 0.05) is 9.49 Å². The fraction of sp³-hybridized carbons (Fsp3) is 0.786. The second kappa shape index (κ2) is 7.31. The minimum Gasteiger partial charge on any atom is -0.481 e. The molecule has 1 aliphatic rings. The fourth-order valence-corrected chi connectivity index (χ4v) is 5.70. The van der Waals surface area contributed by atoms with Crippen molar-refractivity contribution in [3.8, 4) is 0 Å². The van der Waals surface area contributed by atoms with Crippen LogP contribution in [-0.4, -0.2) is 50.5 Å². The van der Waals surface area contributed by atoms with E-state index in [2.05, 4.69) is 38.3 Å². The summed E-state index contributed by atoms with van der Waals surface area (Å²) in [5.74, 6) is -2.12. The van der Waals surface area contributed by atoms with Crippen molar-refractivity contribution in [3.05, 3.63) is 0 Å². The molecule has 1 heterocycles. The van der Waals surface area contributed by atoms with E-state index in [0.717, 1.165) is 0 Å². The molecule has 2 atom stereocenters. The number of carboxylic acids is 1. The summed E-state index contributed by atoms with van der Waals surface area (Å²) in [6.07, 6.45) is -0.476. The molecule has 9 heteroatoms. The first-order chi connectivity index (χ1) is 10.4. The van der Waals surface area contributed by atoms with Crippen LogP contribution in [0.15, 0.2) is 0 Å². The molecule has 1 rings (SSSR count). The van der Waals surface area contributed by atoms with Crippen LogP contribution >= 0.6 is 21.6 Å². The van der Waals surface area contributed by atoms with Crippen LogP contribution in [0.2, 0.25) is 0 Å². The van der Waals surface area contributed by atoms with E-state index < -0.39 is 30.4 Å². The Bertz CT molecular complexity index is 480. The first kappa shape index (κ1) is 20.1. The highest BCUT2D eigenvalue weighted by Crippen LogP contribution is 2.56. The van der Waals surface area contributed by atoms with Gasteiger partial charge in [-0.2, -0.15) is 0 Å². The Hall–Kier alpha value is -0.930. The topological polar surface area (TPSA) is 122 Å². The van der Waals surface area contributed by atoms with E-state index >= 15 is 0 Å². The molecule has 1 aliphatic heterocycles. The quantitative estimate of drug-likeness (QED) is 0.513. The number of nitrogens with two attached hydrogens (primary N) is 1. The SMILES string of the molecule is C[C@@H](NC(=O)[C@@H](N)CC(=O)O)C(=O)NC1C(C)(C)SSC1(C)C. The van der Waals surface area contributed by atoms with Gasteiger partial charge in [-0.25, -0.2) is 0 Å². The molecule has 0 bridgehead atoms. The van der Waals surface area contributed by atoms with Crippen molar-refractivity contribution in [1.82, 2.24) is 10.6 Å². The van der Waals surface area contributed by atoms with Crippen LogP contribution in [0, 0.1) is 0 Å². The minimum atomic E-state index is -1.17. The Morgan fingerprint density at radius 2 is 1.61 bits per heavy atom. The van der Waals surface area contributed by atoms with Crippen molar-refractivity contribution < 1.29 is 19.5 Å². The van der Waals surface area contributed by atoms with Gasteiger partial charge in [-0.05, 0) is 34.6 Å². The zero-order valence-electron chi connectivity index (χ0n) is 14.0. The molecule has 0 aromatic carbocycles. The summed E-state index contributed by atoms with van der Waals surface area (Å²) in [6.45, 7) is 9.81. The lowest BCUT2D eigenvalue weighted by Gasteiger charge is -2.34. The van der Waals surface area contributed by atoms with Crippen LogP contribution in [0.4, 0.5) is 0 Å². The van der Waals surface area contributed by atoms with Crippen LogP contribution < -0.4 is 16.4 Å². The maximum absolute atomic E-state index is 12.4. The largest absolute Gasteiger partial charge is 0.481 e. The summed E-state index contributed by atoms with van der Waals surface area (Å²) < 4.78 is -0.263. The number of carbonyl (C=O) groups excluding carboxylic acids is 2. The van der Waals surface area contributed by atoms with Crippen molar-refractivity contribution in [3.63, 3.8) is 0 Å². The zero-order chi connectivity index (χ0) is 18.0. The number of amides is 2. The van der Waals surface area contributed by atoms with E-state index in [1.807, 2.05) is 0 Å². The smallest absolute Gasteiger partial charge is 0.305 e. The molecule has 0 saturated carbocycles. The van der Waals surface area contributed by atoms with Crippen LogP contribution in [0.5, 0.6) is 0 Å². The lowest BCUT2D eigenvalue weighted by Crippen LogP contribution is -2.58.